The zero-order chi connectivity index (χ0) is 29.5. The number of hydrogen-bond donors (Lipinski definition) is 2. The third kappa shape index (κ3) is 6.45. The van der Waals surface area contributed by atoms with Crippen LogP contribution < -0.4 is 10.2 Å². The van der Waals surface area contributed by atoms with E-state index in [0.717, 1.165) is 16.8 Å². The first-order valence-corrected chi connectivity index (χ1v) is 13.6. The lowest BCUT2D eigenvalue weighted by Crippen LogP contribution is -2.26. The molecule has 2 N–H and O–H groups in total. The van der Waals surface area contributed by atoms with Gasteiger partial charge in [-0.05, 0) is 54.0 Å². The Morgan fingerprint density at radius 2 is 1.50 bits per heavy atom. The average molecular weight is 558 g/mol. The minimum absolute atomic E-state index is 0.0440. The van der Waals surface area contributed by atoms with E-state index in [9.17, 15) is 14.7 Å². The van der Waals surface area contributed by atoms with Crippen molar-refractivity contribution in [2.24, 2.45) is 10.2 Å². The zero-order valence-corrected chi connectivity index (χ0v) is 23.4. The number of azo groups is 1. The highest BCUT2D eigenvalue weighted by Crippen LogP contribution is 2.39. The molecule has 1 heterocycles. The van der Waals surface area contributed by atoms with Gasteiger partial charge in [0.25, 0.3) is 5.91 Å². The number of amides is 2. The second-order valence-corrected chi connectivity index (χ2v) is 9.95. The Balaban J connectivity index is 1.46. The summed E-state index contributed by atoms with van der Waals surface area (Å²) in [5.41, 5.74) is 4.15. The highest BCUT2D eigenvalue weighted by molar-refractivity contribution is 6.05. The maximum absolute atomic E-state index is 13.4. The molecule has 5 aromatic rings. The summed E-state index contributed by atoms with van der Waals surface area (Å²) in [6, 6.07) is 33.6. The summed E-state index contributed by atoms with van der Waals surface area (Å²) in [7, 11) is 3.88. The predicted octanol–water partition coefficient (Wildman–Crippen LogP) is 6.74. The third-order valence-corrected chi connectivity index (χ3v) is 6.86. The summed E-state index contributed by atoms with van der Waals surface area (Å²) < 4.78 is 1.77. The molecule has 0 bridgehead atoms. The lowest BCUT2D eigenvalue weighted by molar-refractivity contribution is -0.115. The van der Waals surface area contributed by atoms with E-state index in [2.05, 4.69) is 15.5 Å². The molecule has 0 aliphatic rings. The number of rotatable bonds is 9. The lowest BCUT2D eigenvalue weighted by atomic mass is 10.1. The number of nitrogens with one attached hydrogen (secondary N) is 1. The van der Waals surface area contributed by atoms with E-state index in [4.69, 9.17) is 0 Å². The number of aryl methyl sites for hydroxylation is 2. The zero-order valence-electron chi connectivity index (χ0n) is 23.4. The van der Waals surface area contributed by atoms with Gasteiger partial charge in [-0.1, -0.05) is 78.9 Å². The molecular formula is C34H31N5O3. The largest absolute Gasteiger partial charge is 0.493 e. The molecule has 8 heteroatoms. The van der Waals surface area contributed by atoms with Crippen LogP contribution in [0.5, 0.6) is 5.88 Å². The van der Waals surface area contributed by atoms with E-state index >= 15 is 0 Å². The maximum atomic E-state index is 13.4. The molecule has 8 nitrogen and oxygen atoms in total. The highest BCUT2D eigenvalue weighted by Gasteiger charge is 2.19. The molecule has 5 rings (SSSR count). The molecule has 0 saturated carbocycles. The van der Waals surface area contributed by atoms with Gasteiger partial charge in [0.1, 0.15) is 5.70 Å². The van der Waals surface area contributed by atoms with Gasteiger partial charge < -0.3 is 19.9 Å². The van der Waals surface area contributed by atoms with Crippen LogP contribution >= 0.6 is 0 Å². The van der Waals surface area contributed by atoms with Crippen molar-refractivity contribution in [3.8, 4) is 5.88 Å². The van der Waals surface area contributed by atoms with Crippen LogP contribution in [-0.4, -0.2) is 35.6 Å². The number of aromatic nitrogens is 1. The van der Waals surface area contributed by atoms with Crippen molar-refractivity contribution in [2.45, 2.75) is 13.0 Å². The Hall–Kier alpha value is -5.50. The molecule has 42 heavy (non-hydrogen) atoms. The molecule has 210 valence electrons. The molecule has 0 radical (unpaired) electrons. The number of anilines is 1. The van der Waals surface area contributed by atoms with Crippen LogP contribution in [0.1, 0.15) is 21.5 Å². The molecule has 0 aliphatic carbocycles. The Morgan fingerprint density at radius 1 is 0.857 bits per heavy atom. The fourth-order valence-electron chi connectivity index (χ4n) is 4.60. The van der Waals surface area contributed by atoms with Gasteiger partial charge in [0, 0.05) is 37.3 Å². The second kappa shape index (κ2) is 12.8. The first kappa shape index (κ1) is 28.0. The van der Waals surface area contributed by atoms with Crippen molar-refractivity contribution in [1.29, 1.82) is 0 Å². The number of hydrogen-bond acceptors (Lipinski definition) is 5. The van der Waals surface area contributed by atoms with Crippen molar-refractivity contribution in [3.05, 3.63) is 132 Å². The van der Waals surface area contributed by atoms with Crippen molar-refractivity contribution in [1.82, 2.24) is 9.88 Å². The quantitative estimate of drug-likeness (QED) is 0.155. The summed E-state index contributed by atoms with van der Waals surface area (Å²) in [5, 5.41) is 22.7. The molecule has 0 saturated heterocycles. The molecule has 1 aromatic heterocycles. The van der Waals surface area contributed by atoms with Crippen molar-refractivity contribution < 1.29 is 14.7 Å². The van der Waals surface area contributed by atoms with Crippen molar-refractivity contribution in [3.63, 3.8) is 0 Å². The second-order valence-electron chi connectivity index (χ2n) is 9.95. The topological polar surface area (TPSA) is 99.3 Å². The van der Waals surface area contributed by atoms with E-state index in [1.54, 1.807) is 34.9 Å². The average Bonchev–Trinajstić information content (AvgIpc) is 3.29. The van der Waals surface area contributed by atoms with Gasteiger partial charge in [0.2, 0.25) is 5.88 Å². The maximum Gasteiger partial charge on any atom is 0.311 e. The van der Waals surface area contributed by atoms with Crippen LogP contribution in [0.4, 0.5) is 11.4 Å². The summed E-state index contributed by atoms with van der Waals surface area (Å²) in [4.78, 5) is 28.3. The van der Waals surface area contributed by atoms with Gasteiger partial charge >= 0.3 is 5.91 Å². The first-order chi connectivity index (χ1) is 20.4. The number of para-hydroxylation sites is 1. The predicted molar refractivity (Wildman–Crippen MR) is 166 cm³/mol. The van der Waals surface area contributed by atoms with Gasteiger partial charge in [0.15, 0.2) is 5.69 Å². The normalized spacial score (nSPS) is 11.6. The van der Waals surface area contributed by atoms with Crippen LogP contribution in [0.3, 0.4) is 0 Å². The molecule has 0 spiro atoms. The van der Waals surface area contributed by atoms with Crippen LogP contribution in [0, 0.1) is 0 Å². The van der Waals surface area contributed by atoms with E-state index in [1.165, 1.54) is 0 Å². The molecule has 4 aromatic carbocycles. The fourth-order valence-corrected chi connectivity index (χ4v) is 4.60. The third-order valence-electron chi connectivity index (χ3n) is 6.86. The Morgan fingerprint density at radius 3 is 2.19 bits per heavy atom. The van der Waals surface area contributed by atoms with E-state index in [1.807, 2.05) is 104 Å². The smallest absolute Gasteiger partial charge is 0.311 e. The van der Waals surface area contributed by atoms with Crippen LogP contribution in [-0.2, 0) is 17.8 Å². The summed E-state index contributed by atoms with van der Waals surface area (Å²) >= 11 is 0. The highest BCUT2D eigenvalue weighted by atomic mass is 16.3. The van der Waals surface area contributed by atoms with Crippen LogP contribution in [0.25, 0.3) is 17.0 Å². The van der Waals surface area contributed by atoms with Gasteiger partial charge in [-0.25, -0.2) is 0 Å². The van der Waals surface area contributed by atoms with Crippen molar-refractivity contribution >= 4 is 40.2 Å². The SMILES string of the molecule is CN(C)c1ccc(/C=C(/NC(=O)c2ccccc2)C(=O)N=Nc2c(O)n(CCc3ccccc3)c3ccccc23)cc1. The van der Waals surface area contributed by atoms with Gasteiger partial charge in [-0.3, -0.25) is 9.59 Å². The molecule has 2 amide bonds. The Bertz CT molecular complexity index is 1760. The van der Waals surface area contributed by atoms with E-state index < -0.39 is 11.8 Å². The van der Waals surface area contributed by atoms with Gasteiger partial charge in [-0.2, -0.15) is 0 Å². The summed E-state index contributed by atoms with van der Waals surface area (Å²) in [6.07, 6.45) is 2.26. The standard InChI is InChI=1S/C34H31N5O3/c1-38(2)27-19-17-25(18-20-27)23-29(35-32(40)26-13-7-4-8-14-26)33(41)37-36-31-28-15-9-10-16-30(28)39(34(31)42)22-21-24-11-5-3-6-12-24/h3-20,23,42H,21-22H2,1-2H3,(H,35,40)/b29-23+,37-36?. The number of carbonyl (C=O) groups is 2. The number of nitrogens with zero attached hydrogens (tertiary/aromatic N) is 4. The summed E-state index contributed by atoms with van der Waals surface area (Å²) in [6.45, 7) is 0.515. The Kier molecular flexibility index (Phi) is 8.53. The van der Waals surface area contributed by atoms with E-state index in [-0.39, 0.29) is 17.3 Å². The lowest BCUT2D eigenvalue weighted by Gasteiger charge is -2.12. The van der Waals surface area contributed by atoms with Gasteiger partial charge in [-0.15, -0.1) is 10.2 Å². The number of fused-ring (bicyclic) bond motifs is 1. The number of aromatic hydroxyl groups is 1. The number of carbonyl (C=O) groups excluding carboxylic acids is 2. The molecule has 0 aliphatic heterocycles. The van der Waals surface area contributed by atoms with Gasteiger partial charge in [0.05, 0.1) is 5.52 Å². The molecular weight excluding hydrogens is 526 g/mol. The minimum Gasteiger partial charge on any atom is -0.493 e. The Labute approximate surface area is 244 Å². The van der Waals surface area contributed by atoms with Crippen LogP contribution in [0.2, 0.25) is 0 Å². The van der Waals surface area contributed by atoms with Crippen molar-refractivity contribution in [2.75, 3.05) is 19.0 Å². The van der Waals surface area contributed by atoms with Crippen LogP contribution in [0.15, 0.2) is 125 Å². The fraction of sp³-hybridized carbons (Fsp3) is 0.118. The molecule has 0 unspecified atom stereocenters. The molecule has 0 atom stereocenters. The monoisotopic (exact) mass is 557 g/mol. The minimum atomic E-state index is -0.753. The summed E-state index contributed by atoms with van der Waals surface area (Å²) in [5.74, 6) is -1.28. The van der Waals surface area contributed by atoms with E-state index in [0.29, 0.717) is 29.5 Å². The first-order valence-electron chi connectivity index (χ1n) is 13.6. The molecule has 0 fully saturated rings. The number of benzene rings is 4.